The van der Waals surface area contributed by atoms with Crippen molar-refractivity contribution >= 4 is 30.0 Å². The lowest BCUT2D eigenvalue weighted by Gasteiger charge is -2.17. The molecule has 2 saturated heterocycles. The second-order valence-electron chi connectivity index (χ2n) is 5.04. The van der Waals surface area contributed by atoms with Gasteiger partial charge in [0.2, 0.25) is 6.41 Å². The van der Waals surface area contributed by atoms with Crippen molar-refractivity contribution in [3.8, 4) is 0 Å². The van der Waals surface area contributed by atoms with E-state index in [1.54, 1.807) is 0 Å². The normalized spacial score (nSPS) is 19.1. The highest BCUT2D eigenvalue weighted by molar-refractivity contribution is 5.92. The average molecular weight is 353 g/mol. The van der Waals surface area contributed by atoms with E-state index in [2.05, 4.69) is 5.32 Å². The maximum Gasteiger partial charge on any atom is 0.414 e. The van der Waals surface area contributed by atoms with E-state index in [0.717, 1.165) is 4.90 Å². The smallest absolute Gasteiger partial charge is 0.414 e. The second-order valence-corrected chi connectivity index (χ2v) is 5.04. The molecular formula is C16H20FN3O5. The molecule has 0 bridgehead atoms. The van der Waals surface area contributed by atoms with Crippen LogP contribution in [0.25, 0.3) is 0 Å². The lowest BCUT2D eigenvalue weighted by Crippen LogP contribution is -2.30. The SMILES string of the molecule is CC.O=CNCC1CN(c2ccc(N3CCOC3=O)cc2F)C(=O)O1. The largest absolute Gasteiger partial charge is 0.447 e. The third kappa shape index (κ3) is 3.98. The van der Waals surface area contributed by atoms with Gasteiger partial charge in [0.15, 0.2) is 0 Å². The summed E-state index contributed by atoms with van der Waals surface area (Å²) < 4.78 is 24.2. The summed E-state index contributed by atoms with van der Waals surface area (Å²) in [5, 5.41) is 2.41. The van der Waals surface area contributed by atoms with Crippen molar-refractivity contribution < 1.29 is 28.2 Å². The van der Waals surface area contributed by atoms with Gasteiger partial charge in [0.05, 0.1) is 31.0 Å². The molecule has 2 fully saturated rings. The van der Waals surface area contributed by atoms with Gasteiger partial charge >= 0.3 is 12.2 Å². The van der Waals surface area contributed by atoms with Crippen LogP contribution in [0.15, 0.2) is 18.2 Å². The number of nitrogens with one attached hydrogen (secondary N) is 1. The average Bonchev–Trinajstić information content (AvgIpc) is 3.20. The third-order valence-corrected chi connectivity index (χ3v) is 3.60. The molecular weight excluding hydrogens is 333 g/mol. The Morgan fingerprint density at radius 1 is 1.28 bits per heavy atom. The number of amides is 3. The van der Waals surface area contributed by atoms with E-state index in [0.29, 0.717) is 18.6 Å². The molecule has 25 heavy (non-hydrogen) atoms. The summed E-state index contributed by atoms with van der Waals surface area (Å²) in [5.74, 6) is -0.650. The van der Waals surface area contributed by atoms with Gasteiger partial charge in [-0.2, -0.15) is 0 Å². The topological polar surface area (TPSA) is 88.2 Å². The lowest BCUT2D eigenvalue weighted by atomic mass is 10.2. The number of hydrogen-bond donors (Lipinski definition) is 1. The number of halogens is 1. The van der Waals surface area contributed by atoms with Gasteiger partial charge in [0.1, 0.15) is 18.5 Å². The molecule has 8 nitrogen and oxygen atoms in total. The fraction of sp³-hybridized carbons (Fsp3) is 0.438. The van der Waals surface area contributed by atoms with E-state index < -0.39 is 24.1 Å². The number of hydrogen-bond acceptors (Lipinski definition) is 5. The van der Waals surface area contributed by atoms with Crippen molar-refractivity contribution in [3.05, 3.63) is 24.0 Å². The third-order valence-electron chi connectivity index (χ3n) is 3.60. The standard InChI is InChI=1S/C14H14FN3O5.C2H6/c15-11-5-9(17-3-4-22-13(17)20)1-2-12(11)18-7-10(6-16-8-19)23-14(18)21;1-2/h1-2,5,8,10H,3-4,6-7H2,(H,16,19);1-2H3. The number of ether oxygens (including phenoxy) is 2. The van der Waals surface area contributed by atoms with E-state index in [9.17, 15) is 18.8 Å². The van der Waals surface area contributed by atoms with Crippen molar-refractivity contribution in [2.75, 3.05) is 36.0 Å². The Morgan fingerprint density at radius 3 is 2.64 bits per heavy atom. The number of rotatable bonds is 5. The number of anilines is 2. The Kier molecular flexibility index (Phi) is 6.15. The highest BCUT2D eigenvalue weighted by atomic mass is 19.1. The van der Waals surface area contributed by atoms with Crippen LogP contribution < -0.4 is 15.1 Å². The molecule has 0 saturated carbocycles. The predicted molar refractivity (Wildman–Crippen MR) is 88.1 cm³/mol. The monoisotopic (exact) mass is 353 g/mol. The Morgan fingerprint density at radius 2 is 2.04 bits per heavy atom. The minimum atomic E-state index is -0.685. The molecule has 136 valence electrons. The van der Waals surface area contributed by atoms with E-state index in [1.165, 1.54) is 23.1 Å². The molecule has 0 radical (unpaired) electrons. The summed E-state index contributed by atoms with van der Waals surface area (Å²) in [6.45, 7) is 4.89. The van der Waals surface area contributed by atoms with Crippen molar-refractivity contribution in [3.63, 3.8) is 0 Å². The highest BCUT2D eigenvalue weighted by Gasteiger charge is 2.34. The Labute approximate surface area is 144 Å². The van der Waals surface area contributed by atoms with Gasteiger partial charge in [0.25, 0.3) is 0 Å². The summed E-state index contributed by atoms with van der Waals surface area (Å²) >= 11 is 0. The van der Waals surface area contributed by atoms with Crippen LogP contribution in [0.4, 0.5) is 25.4 Å². The molecule has 1 aromatic rings. The molecule has 1 unspecified atom stereocenters. The first kappa shape index (κ1) is 18.5. The Balaban J connectivity index is 0.00000109. The first-order valence-electron chi connectivity index (χ1n) is 7.99. The van der Waals surface area contributed by atoms with E-state index in [1.807, 2.05) is 13.8 Å². The lowest BCUT2D eigenvalue weighted by molar-refractivity contribution is -0.109. The van der Waals surface area contributed by atoms with Crippen molar-refractivity contribution in [2.45, 2.75) is 20.0 Å². The first-order chi connectivity index (χ1) is 12.1. The van der Waals surface area contributed by atoms with Gasteiger partial charge in [-0.3, -0.25) is 14.6 Å². The molecule has 1 atom stereocenters. The van der Waals surface area contributed by atoms with Crippen LogP contribution in [0.2, 0.25) is 0 Å². The van der Waals surface area contributed by atoms with Gasteiger partial charge in [0, 0.05) is 0 Å². The number of carbonyl (C=O) groups is 3. The molecule has 2 heterocycles. The van der Waals surface area contributed by atoms with Crippen LogP contribution in [-0.4, -0.2) is 50.9 Å². The zero-order chi connectivity index (χ0) is 18.4. The van der Waals surface area contributed by atoms with Crippen LogP contribution in [0.5, 0.6) is 0 Å². The van der Waals surface area contributed by atoms with Crippen molar-refractivity contribution in [2.24, 2.45) is 0 Å². The highest BCUT2D eigenvalue weighted by Crippen LogP contribution is 2.29. The Hall–Kier alpha value is -2.84. The molecule has 0 aromatic heterocycles. The number of cyclic esters (lactones) is 2. The summed E-state index contributed by atoms with van der Waals surface area (Å²) in [7, 11) is 0. The maximum atomic E-state index is 14.3. The molecule has 0 spiro atoms. The van der Waals surface area contributed by atoms with Crippen LogP contribution >= 0.6 is 0 Å². The summed E-state index contributed by atoms with van der Waals surface area (Å²) in [5.41, 5.74) is 0.417. The van der Waals surface area contributed by atoms with Crippen LogP contribution in [0.1, 0.15) is 13.8 Å². The van der Waals surface area contributed by atoms with E-state index in [-0.39, 0.29) is 25.4 Å². The van der Waals surface area contributed by atoms with Crippen LogP contribution in [0.3, 0.4) is 0 Å². The quantitative estimate of drug-likeness (QED) is 0.817. The van der Waals surface area contributed by atoms with Gasteiger partial charge in [-0.05, 0) is 18.2 Å². The van der Waals surface area contributed by atoms with Crippen molar-refractivity contribution in [1.82, 2.24) is 5.32 Å². The molecule has 2 aliphatic heterocycles. The summed E-state index contributed by atoms with van der Waals surface area (Å²) in [6.07, 6.45) is -1.26. The maximum absolute atomic E-state index is 14.3. The van der Waals surface area contributed by atoms with Crippen LogP contribution in [-0.2, 0) is 14.3 Å². The second kappa shape index (κ2) is 8.32. The fourth-order valence-electron chi connectivity index (χ4n) is 2.51. The van der Waals surface area contributed by atoms with E-state index >= 15 is 0 Å². The van der Waals surface area contributed by atoms with Gasteiger partial charge < -0.3 is 14.8 Å². The summed E-state index contributed by atoms with van der Waals surface area (Å²) in [4.78, 5) is 36.0. The van der Waals surface area contributed by atoms with Crippen molar-refractivity contribution in [1.29, 1.82) is 0 Å². The molecule has 3 amide bonds. The van der Waals surface area contributed by atoms with Crippen LogP contribution in [0, 0.1) is 5.82 Å². The molecule has 0 aliphatic carbocycles. The molecule has 3 rings (SSSR count). The zero-order valence-corrected chi connectivity index (χ0v) is 14.0. The van der Waals surface area contributed by atoms with Gasteiger partial charge in [-0.1, -0.05) is 13.8 Å². The molecule has 1 N–H and O–H groups in total. The fourth-order valence-corrected chi connectivity index (χ4v) is 2.51. The first-order valence-corrected chi connectivity index (χ1v) is 7.99. The van der Waals surface area contributed by atoms with Gasteiger partial charge in [-0.15, -0.1) is 0 Å². The minimum absolute atomic E-state index is 0.0555. The predicted octanol–water partition coefficient (Wildman–Crippen LogP) is 1.88. The molecule has 1 aromatic carbocycles. The zero-order valence-electron chi connectivity index (χ0n) is 14.0. The number of benzene rings is 1. The number of carbonyl (C=O) groups excluding carboxylic acids is 3. The summed E-state index contributed by atoms with van der Waals surface area (Å²) in [6, 6.07) is 4.12. The molecule has 2 aliphatic rings. The van der Waals surface area contributed by atoms with Gasteiger partial charge in [-0.25, -0.2) is 14.0 Å². The number of nitrogens with zero attached hydrogens (tertiary/aromatic N) is 2. The minimum Gasteiger partial charge on any atom is -0.447 e. The Bertz CT molecular complexity index is 655. The van der Waals surface area contributed by atoms with E-state index in [4.69, 9.17) is 9.47 Å². The molecule has 9 heteroatoms.